The zero-order valence-electron chi connectivity index (χ0n) is 20.7. The van der Waals surface area contributed by atoms with E-state index < -0.39 is 0 Å². The van der Waals surface area contributed by atoms with Gasteiger partial charge in [-0.05, 0) is 73.6 Å². The maximum atomic E-state index is 12.0. The number of ether oxygens (including phenoxy) is 1. The average molecular weight is 515 g/mol. The Morgan fingerprint density at radius 1 is 1.14 bits per heavy atom. The van der Waals surface area contributed by atoms with Gasteiger partial charge < -0.3 is 19.5 Å². The van der Waals surface area contributed by atoms with Crippen molar-refractivity contribution in [3.05, 3.63) is 112 Å². The maximum absolute atomic E-state index is 12.0. The van der Waals surface area contributed by atoms with E-state index in [1.54, 1.807) is 24.5 Å². The molecule has 1 aromatic carbocycles. The first-order valence-corrected chi connectivity index (χ1v) is 12.2. The van der Waals surface area contributed by atoms with E-state index in [0.717, 1.165) is 28.2 Å². The number of hydrogen-bond acceptors (Lipinski definition) is 6. The van der Waals surface area contributed by atoms with Crippen LogP contribution in [0.5, 0.6) is 5.75 Å². The van der Waals surface area contributed by atoms with Crippen LogP contribution in [0, 0.1) is 24.0 Å². The molecule has 9 nitrogen and oxygen atoms in total. The van der Waals surface area contributed by atoms with Crippen LogP contribution in [0.4, 0.5) is 5.69 Å². The highest BCUT2D eigenvalue weighted by molar-refractivity contribution is 7.80. The molecule has 1 saturated heterocycles. The summed E-state index contributed by atoms with van der Waals surface area (Å²) in [7, 11) is 1.49. The van der Waals surface area contributed by atoms with Crippen LogP contribution < -0.4 is 10.1 Å². The van der Waals surface area contributed by atoms with Crippen molar-refractivity contribution in [1.82, 2.24) is 24.8 Å². The smallest absolute Gasteiger partial charge is 0.296 e. The highest BCUT2D eigenvalue weighted by Gasteiger charge is 2.41. The standard InChI is InChI=1S/C27H26N6O3S/c1-17-13-21(18(2)32(17)23-10-9-20(36-3)14-24(23)33(34)35)26-25(22-8-4-5-12-29-22)30-27(37)31(26)16-19-7-6-11-28-15-19/h4-15,25-26H,16H2,1-3H3,(H,30,37). The van der Waals surface area contributed by atoms with Gasteiger partial charge in [-0.15, -0.1) is 0 Å². The van der Waals surface area contributed by atoms with E-state index in [0.29, 0.717) is 23.1 Å². The minimum Gasteiger partial charge on any atom is -0.496 e. The number of nitro groups is 1. The SMILES string of the molecule is COc1ccc(-n2c(C)cc(C3C(c4ccccn4)NC(=S)N3Cc3cccnc3)c2C)c([N+](=O)[O-])c1. The molecule has 0 aliphatic carbocycles. The second kappa shape index (κ2) is 9.98. The summed E-state index contributed by atoms with van der Waals surface area (Å²) >= 11 is 5.81. The molecule has 37 heavy (non-hydrogen) atoms. The zero-order chi connectivity index (χ0) is 26.1. The number of aromatic nitrogens is 3. The van der Waals surface area contributed by atoms with E-state index >= 15 is 0 Å². The van der Waals surface area contributed by atoms with Gasteiger partial charge in [0, 0.05) is 36.5 Å². The largest absolute Gasteiger partial charge is 0.496 e. The third kappa shape index (κ3) is 4.51. The molecule has 1 fully saturated rings. The molecule has 1 aliphatic rings. The quantitative estimate of drug-likeness (QED) is 0.210. The summed E-state index contributed by atoms with van der Waals surface area (Å²) in [6, 6.07) is 16.3. The molecule has 4 heterocycles. The lowest BCUT2D eigenvalue weighted by Crippen LogP contribution is -2.29. The first kappa shape index (κ1) is 24.4. The molecule has 0 radical (unpaired) electrons. The number of benzene rings is 1. The summed E-state index contributed by atoms with van der Waals surface area (Å²) in [5, 5.41) is 16.1. The van der Waals surface area contributed by atoms with Crippen LogP contribution in [0.1, 0.15) is 40.3 Å². The summed E-state index contributed by atoms with van der Waals surface area (Å²) < 4.78 is 7.16. The lowest BCUT2D eigenvalue weighted by molar-refractivity contribution is -0.384. The van der Waals surface area contributed by atoms with Crippen molar-refractivity contribution >= 4 is 23.0 Å². The monoisotopic (exact) mass is 514 g/mol. The van der Waals surface area contributed by atoms with E-state index in [2.05, 4.69) is 26.3 Å². The predicted octanol–water partition coefficient (Wildman–Crippen LogP) is 4.97. The summed E-state index contributed by atoms with van der Waals surface area (Å²) in [6.07, 6.45) is 5.34. The summed E-state index contributed by atoms with van der Waals surface area (Å²) in [5.41, 5.74) is 5.12. The fraction of sp³-hybridized carbons (Fsp3) is 0.222. The predicted molar refractivity (Wildman–Crippen MR) is 144 cm³/mol. The average Bonchev–Trinajstić information content (AvgIpc) is 3.39. The lowest BCUT2D eigenvalue weighted by Gasteiger charge is -2.28. The van der Waals surface area contributed by atoms with Crippen molar-refractivity contribution in [2.75, 3.05) is 7.11 Å². The third-order valence-corrected chi connectivity index (χ3v) is 7.03. The highest BCUT2D eigenvalue weighted by atomic mass is 32.1. The van der Waals surface area contributed by atoms with Crippen LogP contribution in [-0.4, -0.2) is 36.6 Å². The van der Waals surface area contributed by atoms with Gasteiger partial charge in [-0.2, -0.15) is 0 Å². The molecule has 1 N–H and O–H groups in total. The van der Waals surface area contributed by atoms with Crippen LogP contribution in [0.3, 0.4) is 0 Å². The number of nitrogens with one attached hydrogen (secondary N) is 1. The van der Waals surface area contributed by atoms with Crippen LogP contribution >= 0.6 is 12.2 Å². The molecule has 3 aromatic heterocycles. The Hall–Kier alpha value is -4.31. The van der Waals surface area contributed by atoms with Gasteiger partial charge in [-0.25, -0.2) is 0 Å². The van der Waals surface area contributed by atoms with Crippen molar-refractivity contribution in [2.45, 2.75) is 32.5 Å². The van der Waals surface area contributed by atoms with Crippen molar-refractivity contribution in [1.29, 1.82) is 0 Å². The van der Waals surface area contributed by atoms with Crippen molar-refractivity contribution < 1.29 is 9.66 Å². The van der Waals surface area contributed by atoms with Crippen LogP contribution in [-0.2, 0) is 6.54 Å². The molecule has 2 atom stereocenters. The molecule has 5 rings (SSSR count). The number of nitrogens with zero attached hydrogens (tertiary/aromatic N) is 5. The topological polar surface area (TPSA) is 98.3 Å². The van der Waals surface area contributed by atoms with Gasteiger partial charge in [0.25, 0.3) is 5.69 Å². The Bertz CT molecular complexity index is 1460. The number of aryl methyl sites for hydroxylation is 1. The van der Waals surface area contributed by atoms with E-state index in [-0.39, 0.29) is 22.7 Å². The van der Waals surface area contributed by atoms with Crippen LogP contribution in [0.25, 0.3) is 5.69 Å². The lowest BCUT2D eigenvalue weighted by atomic mass is 9.96. The van der Waals surface area contributed by atoms with Crippen LogP contribution in [0.2, 0.25) is 0 Å². The summed E-state index contributed by atoms with van der Waals surface area (Å²) in [6.45, 7) is 4.49. The molecule has 0 bridgehead atoms. The Labute approximate surface area is 219 Å². The molecular weight excluding hydrogens is 488 g/mol. The second-order valence-electron chi connectivity index (χ2n) is 8.89. The first-order chi connectivity index (χ1) is 17.9. The molecular formula is C27H26N6O3S. The minimum atomic E-state index is -0.381. The molecule has 188 valence electrons. The van der Waals surface area contributed by atoms with Gasteiger partial charge in [0.15, 0.2) is 5.11 Å². The van der Waals surface area contributed by atoms with Crippen LogP contribution in [0.15, 0.2) is 73.2 Å². The van der Waals surface area contributed by atoms with Crippen molar-refractivity contribution in [3.63, 3.8) is 0 Å². The van der Waals surface area contributed by atoms with Gasteiger partial charge in [0.1, 0.15) is 11.4 Å². The zero-order valence-corrected chi connectivity index (χ0v) is 21.5. The van der Waals surface area contributed by atoms with Gasteiger partial charge >= 0.3 is 0 Å². The first-order valence-electron chi connectivity index (χ1n) is 11.8. The fourth-order valence-electron chi connectivity index (χ4n) is 5.03. The highest BCUT2D eigenvalue weighted by Crippen LogP contribution is 2.43. The molecule has 0 saturated carbocycles. The van der Waals surface area contributed by atoms with Crippen molar-refractivity contribution in [3.8, 4) is 11.4 Å². The number of hydrogen-bond donors (Lipinski definition) is 1. The van der Waals surface area contributed by atoms with Gasteiger partial charge in [-0.1, -0.05) is 12.1 Å². The number of rotatable bonds is 7. The maximum Gasteiger partial charge on any atom is 0.296 e. The second-order valence-corrected chi connectivity index (χ2v) is 9.28. The fourth-order valence-corrected chi connectivity index (χ4v) is 5.33. The molecule has 10 heteroatoms. The number of pyridine rings is 2. The number of methoxy groups -OCH3 is 1. The van der Waals surface area contributed by atoms with Gasteiger partial charge in [-0.3, -0.25) is 20.1 Å². The van der Waals surface area contributed by atoms with Crippen molar-refractivity contribution in [2.24, 2.45) is 0 Å². The van der Waals surface area contributed by atoms with Gasteiger partial charge in [0.05, 0.1) is 35.9 Å². The third-order valence-electron chi connectivity index (χ3n) is 6.68. The van der Waals surface area contributed by atoms with Gasteiger partial charge in [0.2, 0.25) is 0 Å². The van der Waals surface area contributed by atoms with E-state index in [1.807, 2.05) is 54.9 Å². The molecule has 0 spiro atoms. The number of nitro benzene ring substituents is 1. The van der Waals surface area contributed by atoms with E-state index in [4.69, 9.17) is 17.0 Å². The Balaban J connectivity index is 1.65. The molecule has 2 unspecified atom stereocenters. The Kier molecular flexibility index (Phi) is 6.58. The Morgan fingerprint density at radius 3 is 2.65 bits per heavy atom. The summed E-state index contributed by atoms with van der Waals surface area (Å²) in [5.74, 6) is 0.432. The van der Waals surface area contributed by atoms with E-state index in [1.165, 1.54) is 13.2 Å². The summed E-state index contributed by atoms with van der Waals surface area (Å²) in [4.78, 5) is 22.6. The number of thiocarbonyl (C=S) groups is 1. The Morgan fingerprint density at radius 2 is 1.97 bits per heavy atom. The molecule has 0 amide bonds. The minimum absolute atomic E-state index is 0.0266. The van der Waals surface area contributed by atoms with E-state index in [9.17, 15) is 10.1 Å². The normalized spacial score (nSPS) is 17.1. The molecule has 4 aromatic rings. The molecule has 1 aliphatic heterocycles.